The van der Waals surface area contributed by atoms with Crippen molar-refractivity contribution in [3.05, 3.63) is 0 Å². The van der Waals surface area contributed by atoms with Gasteiger partial charge in [0, 0.05) is 12.1 Å². The molecule has 0 radical (unpaired) electrons. The lowest BCUT2D eigenvalue weighted by Crippen LogP contribution is -2.47. The van der Waals surface area contributed by atoms with Crippen molar-refractivity contribution in [3.8, 4) is 0 Å². The molecule has 102 valence electrons. The number of carbonyl (C=O) groups excluding carboxylic acids is 1. The first-order valence-corrected chi connectivity index (χ1v) is 6.57. The van der Waals surface area contributed by atoms with Crippen molar-refractivity contribution in [1.82, 2.24) is 10.6 Å². The Kier molecular flexibility index (Phi) is 8.17. The van der Waals surface area contributed by atoms with Gasteiger partial charge in [0.05, 0.1) is 6.61 Å². The molecule has 0 spiro atoms. The van der Waals surface area contributed by atoms with Crippen LogP contribution in [0.3, 0.4) is 0 Å². The average molecular weight is 244 g/mol. The van der Waals surface area contributed by atoms with Crippen molar-refractivity contribution in [3.63, 3.8) is 0 Å². The standard InChI is InChI=1S/C13H28N2O2/c1-6-8-14-9-10-17-11(3)12(16)15-13(4,5)7-2/h11,14H,6-10H2,1-5H3,(H,15,16). The fourth-order valence-electron chi connectivity index (χ4n) is 1.21. The van der Waals surface area contributed by atoms with Gasteiger partial charge in [-0.2, -0.15) is 0 Å². The Bertz CT molecular complexity index is 217. The van der Waals surface area contributed by atoms with Crippen LogP contribution in [-0.4, -0.2) is 37.2 Å². The average Bonchev–Trinajstić information content (AvgIpc) is 2.28. The first-order valence-electron chi connectivity index (χ1n) is 6.57. The highest BCUT2D eigenvalue weighted by atomic mass is 16.5. The molecule has 4 nitrogen and oxygen atoms in total. The predicted molar refractivity (Wildman–Crippen MR) is 71.1 cm³/mol. The lowest BCUT2D eigenvalue weighted by molar-refractivity contribution is -0.133. The van der Waals surface area contributed by atoms with E-state index in [0.717, 1.165) is 25.9 Å². The maximum absolute atomic E-state index is 11.8. The lowest BCUT2D eigenvalue weighted by Gasteiger charge is -2.26. The second kappa shape index (κ2) is 8.48. The van der Waals surface area contributed by atoms with Crippen molar-refractivity contribution in [2.24, 2.45) is 0 Å². The first-order chi connectivity index (χ1) is 7.93. The third-order valence-corrected chi connectivity index (χ3v) is 2.79. The van der Waals surface area contributed by atoms with Gasteiger partial charge in [0.2, 0.25) is 5.91 Å². The molecule has 2 N–H and O–H groups in total. The van der Waals surface area contributed by atoms with Crippen molar-refractivity contribution in [1.29, 1.82) is 0 Å². The number of ether oxygens (including phenoxy) is 1. The molecule has 0 saturated carbocycles. The van der Waals surface area contributed by atoms with Crippen molar-refractivity contribution in [2.45, 2.75) is 59.1 Å². The van der Waals surface area contributed by atoms with Crippen molar-refractivity contribution >= 4 is 5.91 Å². The highest BCUT2D eigenvalue weighted by molar-refractivity contribution is 5.81. The maximum Gasteiger partial charge on any atom is 0.249 e. The molecule has 0 aromatic heterocycles. The number of carbonyl (C=O) groups is 1. The van der Waals surface area contributed by atoms with Crippen LogP contribution in [0.5, 0.6) is 0 Å². The molecule has 0 aliphatic rings. The fourth-order valence-corrected chi connectivity index (χ4v) is 1.21. The number of hydrogen-bond acceptors (Lipinski definition) is 3. The van der Waals surface area contributed by atoms with E-state index in [0.29, 0.717) is 6.61 Å². The SMILES string of the molecule is CCCNCCOC(C)C(=O)NC(C)(C)CC. The summed E-state index contributed by atoms with van der Waals surface area (Å²) in [7, 11) is 0. The zero-order valence-electron chi connectivity index (χ0n) is 11.9. The lowest BCUT2D eigenvalue weighted by atomic mass is 10.0. The van der Waals surface area contributed by atoms with E-state index < -0.39 is 0 Å². The van der Waals surface area contributed by atoms with Crippen LogP contribution in [0.2, 0.25) is 0 Å². The van der Waals surface area contributed by atoms with E-state index in [4.69, 9.17) is 4.74 Å². The van der Waals surface area contributed by atoms with Gasteiger partial charge in [-0.3, -0.25) is 4.79 Å². The summed E-state index contributed by atoms with van der Waals surface area (Å²) in [6.07, 6.45) is 1.63. The van der Waals surface area contributed by atoms with Crippen LogP contribution < -0.4 is 10.6 Å². The van der Waals surface area contributed by atoms with E-state index in [1.807, 2.05) is 13.8 Å². The fraction of sp³-hybridized carbons (Fsp3) is 0.923. The van der Waals surface area contributed by atoms with Gasteiger partial charge in [-0.15, -0.1) is 0 Å². The molecule has 1 unspecified atom stereocenters. The van der Waals surface area contributed by atoms with Gasteiger partial charge in [0.1, 0.15) is 6.10 Å². The summed E-state index contributed by atoms with van der Waals surface area (Å²) in [6.45, 7) is 12.4. The minimum Gasteiger partial charge on any atom is -0.367 e. The number of nitrogens with one attached hydrogen (secondary N) is 2. The minimum absolute atomic E-state index is 0.0349. The summed E-state index contributed by atoms with van der Waals surface area (Å²) in [5, 5.41) is 6.21. The minimum atomic E-state index is -0.385. The summed E-state index contributed by atoms with van der Waals surface area (Å²) in [5.41, 5.74) is -0.158. The Labute approximate surface area is 105 Å². The van der Waals surface area contributed by atoms with E-state index >= 15 is 0 Å². The molecular formula is C13H28N2O2. The number of rotatable bonds is 9. The second-order valence-electron chi connectivity index (χ2n) is 4.99. The van der Waals surface area contributed by atoms with E-state index in [9.17, 15) is 4.79 Å². The summed E-state index contributed by atoms with van der Waals surface area (Å²) in [4.78, 5) is 11.8. The van der Waals surface area contributed by atoms with E-state index in [-0.39, 0.29) is 17.6 Å². The number of amides is 1. The van der Waals surface area contributed by atoms with Crippen molar-refractivity contribution < 1.29 is 9.53 Å². The molecule has 0 bridgehead atoms. The van der Waals surface area contributed by atoms with E-state index in [1.165, 1.54) is 0 Å². The molecule has 4 heteroatoms. The van der Waals surface area contributed by atoms with Crippen LogP contribution in [0.25, 0.3) is 0 Å². The van der Waals surface area contributed by atoms with Gasteiger partial charge in [-0.05, 0) is 40.2 Å². The molecule has 0 fully saturated rings. The zero-order chi connectivity index (χ0) is 13.3. The Balaban J connectivity index is 3.75. The second-order valence-corrected chi connectivity index (χ2v) is 4.99. The normalized spacial score (nSPS) is 13.5. The highest BCUT2D eigenvalue weighted by Gasteiger charge is 2.21. The summed E-state index contributed by atoms with van der Waals surface area (Å²) in [5.74, 6) is -0.0349. The molecule has 0 aromatic rings. The molecular weight excluding hydrogens is 216 g/mol. The van der Waals surface area contributed by atoms with Crippen LogP contribution >= 0.6 is 0 Å². The Morgan fingerprint density at radius 2 is 1.94 bits per heavy atom. The van der Waals surface area contributed by atoms with Gasteiger partial charge >= 0.3 is 0 Å². The van der Waals surface area contributed by atoms with Gasteiger partial charge in [-0.1, -0.05) is 13.8 Å². The largest absolute Gasteiger partial charge is 0.367 e. The Morgan fingerprint density at radius 3 is 2.47 bits per heavy atom. The smallest absolute Gasteiger partial charge is 0.249 e. The third-order valence-electron chi connectivity index (χ3n) is 2.79. The molecule has 17 heavy (non-hydrogen) atoms. The van der Waals surface area contributed by atoms with Gasteiger partial charge < -0.3 is 15.4 Å². The predicted octanol–water partition coefficient (Wildman–Crippen LogP) is 1.70. The van der Waals surface area contributed by atoms with E-state index in [2.05, 4.69) is 24.5 Å². The van der Waals surface area contributed by atoms with Crippen LogP contribution in [-0.2, 0) is 9.53 Å². The van der Waals surface area contributed by atoms with Gasteiger partial charge in [0.25, 0.3) is 0 Å². The maximum atomic E-state index is 11.8. The Hall–Kier alpha value is -0.610. The quantitative estimate of drug-likeness (QED) is 0.607. The molecule has 0 heterocycles. The first kappa shape index (κ1) is 16.4. The zero-order valence-corrected chi connectivity index (χ0v) is 11.9. The molecule has 1 amide bonds. The van der Waals surface area contributed by atoms with Crippen LogP contribution in [0.1, 0.15) is 47.5 Å². The third kappa shape index (κ3) is 8.16. The van der Waals surface area contributed by atoms with Gasteiger partial charge in [0.15, 0.2) is 0 Å². The molecule has 0 aliphatic heterocycles. The van der Waals surface area contributed by atoms with Crippen molar-refractivity contribution in [2.75, 3.05) is 19.7 Å². The summed E-state index contributed by atoms with van der Waals surface area (Å²) < 4.78 is 5.47. The topological polar surface area (TPSA) is 50.4 Å². The molecule has 0 saturated heterocycles. The monoisotopic (exact) mass is 244 g/mol. The van der Waals surface area contributed by atoms with E-state index in [1.54, 1.807) is 6.92 Å². The van der Waals surface area contributed by atoms with Crippen LogP contribution in [0, 0.1) is 0 Å². The summed E-state index contributed by atoms with van der Waals surface area (Å²) >= 11 is 0. The van der Waals surface area contributed by atoms with Gasteiger partial charge in [-0.25, -0.2) is 0 Å². The van der Waals surface area contributed by atoms with Crippen LogP contribution in [0.4, 0.5) is 0 Å². The highest BCUT2D eigenvalue weighted by Crippen LogP contribution is 2.07. The number of hydrogen-bond donors (Lipinski definition) is 2. The molecule has 0 aliphatic carbocycles. The molecule has 0 rings (SSSR count). The summed E-state index contributed by atoms with van der Waals surface area (Å²) in [6, 6.07) is 0. The Morgan fingerprint density at radius 1 is 1.29 bits per heavy atom. The van der Waals surface area contributed by atoms with Crippen LogP contribution in [0.15, 0.2) is 0 Å². The molecule has 0 aromatic carbocycles. The molecule has 1 atom stereocenters.